The Bertz CT molecular complexity index is 649. The lowest BCUT2D eigenvalue weighted by Crippen LogP contribution is -2.45. The second-order valence-electron chi connectivity index (χ2n) is 8.89. The minimum Gasteiger partial charge on any atom is -0.357 e. The first-order valence-corrected chi connectivity index (χ1v) is 12.9. The van der Waals surface area contributed by atoms with Crippen molar-refractivity contribution in [2.45, 2.75) is 66.6 Å². The molecule has 1 aromatic rings. The molecule has 182 valence electrons. The highest BCUT2D eigenvalue weighted by molar-refractivity contribution is 5.80. The monoisotopic (exact) mass is 444 g/mol. The number of nitrogens with zero attached hydrogens (tertiary/aromatic N) is 4. The molecule has 32 heavy (non-hydrogen) atoms. The molecular weight excluding hydrogens is 396 g/mol. The smallest absolute Gasteiger partial charge is 0.191 e. The van der Waals surface area contributed by atoms with Crippen molar-refractivity contribution in [1.29, 1.82) is 0 Å². The summed E-state index contributed by atoms with van der Waals surface area (Å²) in [6.45, 7) is 23.0. The van der Waals surface area contributed by atoms with E-state index in [0.717, 1.165) is 58.2 Å². The Morgan fingerprint density at radius 1 is 1.00 bits per heavy atom. The van der Waals surface area contributed by atoms with Gasteiger partial charge in [-0.3, -0.25) is 4.90 Å². The number of guanidine groups is 1. The molecule has 1 aliphatic rings. The predicted molar refractivity (Wildman–Crippen MR) is 138 cm³/mol. The van der Waals surface area contributed by atoms with Crippen LogP contribution in [0.25, 0.3) is 0 Å². The molecule has 0 aliphatic carbocycles. The summed E-state index contributed by atoms with van der Waals surface area (Å²) in [5.41, 5.74) is 2.74. The summed E-state index contributed by atoms with van der Waals surface area (Å²) < 4.78 is 0. The number of hydrogen-bond acceptors (Lipinski definition) is 4. The number of piperazine rings is 1. The van der Waals surface area contributed by atoms with Gasteiger partial charge in [-0.1, -0.05) is 45.0 Å². The Morgan fingerprint density at radius 3 is 2.28 bits per heavy atom. The highest BCUT2D eigenvalue weighted by Crippen LogP contribution is 2.14. The Morgan fingerprint density at radius 2 is 1.66 bits per heavy atom. The van der Waals surface area contributed by atoms with Crippen molar-refractivity contribution in [3.05, 3.63) is 35.4 Å². The van der Waals surface area contributed by atoms with Crippen LogP contribution in [0.5, 0.6) is 0 Å². The van der Waals surface area contributed by atoms with Crippen molar-refractivity contribution in [1.82, 2.24) is 25.3 Å². The molecule has 0 aromatic heterocycles. The fourth-order valence-corrected chi connectivity index (χ4v) is 4.32. The van der Waals surface area contributed by atoms with Gasteiger partial charge in [-0.2, -0.15) is 0 Å². The number of rotatable bonds is 13. The SMILES string of the molecule is CCNC(=NCc1ccccc1CN1CCN(CC)CC1)NC(C)CCCN(CC)CC. The largest absolute Gasteiger partial charge is 0.357 e. The van der Waals surface area contributed by atoms with Crippen molar-refractivity contribution >= 4 is 5.96 Å². The van der Waals surface area contributed by atoms with Gasteiger partial charge in [-0.25, -0.2) is 4.99 Å². The van der Waals surface area contributed by atoms with Gasteiger partial charge in [-0.05, 0) is 64.0 Å². The Balaban J connectivity index is 1.90. The molecule has 0 amide bonds. The molecule has 1 unspecified atom stereocenters. The number of benzene rings is 1. The summed E-state index contributed by atoms with van der Waals surface area (Å²) in [5, 5.41) is 7.04. The van der Waals surface area contributed by atoms with E-state index < -0.39 is 0 Å². The van der Waals surface area contributed by atoms with Crippen LogP contribution in [0, 0.1) is 0 Å². The van der Waals surface area contributed by atoms with Crippen molar-refractivity contribution in [2.24, 2.45) is 4.99 Å². The lowest BCUT2D eigenvalue weighted by atomic mass is 10.1. The number of aliphatic imine (C=N–C) groups is 1. The van der Waals surface area contributed by atoms with E-state index in [4.69, 9.17) is 4.99 Å². The maximum absolute atomic E-state index is 4.94. The first kappa shape index (κ1) is 26.6. The first-order chi connectivity index (χ1) is 15.6. The van der Waals surface area contributed by atoms with E-state index in [-0.39, 0.29) is 0 Å². The Kier molecular flexibility index (Phi) is 12.7. The van der Waals surface area contributed by atoms with E-state index in [1.165, 1.54) is 37.2 Å². The van der Waals surface area contributed by atoms with Gasteiger partial charge in [0.15, 0.2) is 5.96 Å². The third-order valence-electron chi connectivity index (χ3n) is 6.57. The molecule has 1 saturated heterocycles. The molecular formula is C26H48N6. The van der Waals surface area contributed by atoms with E-state index in [2.05, 4.69) is 84.2 Å². The van der Waals surface area contributed by atoms with Gasteiger partial charge >= 0.3 is 0 Å². The van der Waals surface area contributed by atoms with Gasteiger partial charge in [0.05, 0.1) is 6.54 Å². The van der Waals surface area contributed by atoms with E-state index in [0.29, 0.717) is 12.6 Å². The topological polar surface area (TPSA) is 46.1 Å². The summed E-state index contributed by atoms with van der Waals surface area (Å²) in [7, 11) is 0. The predicted octanol–water partition coefficient (Wildman–Crippen LogP) is 3.39. The molecule has 2 N–H and O–H groups in total. The zero-order valence-electron chi connectivity index (χ0n) is 21.4. The second-order valence-corrected chi connectivity index (χ2v) is 8.89. The van der Waals surface area contributed by atoms with E-state index >= 15 is 0 Å². The summed E-state index contributed by atoms with van der Waals surface area (Å²) >= 11 is 0. The van der Waals surface area contributed by atoms with Gasteiger partial charge in [0, 0.05) is 45.3 Å². The molecule has 6 heteroatoms. The summed E-state index contributed by atoms with van der Waals surface area (Å²) in [5.74, 6) is 0.925. The first-order valence-electron chi connectivity index (χ1n) is 12.9. The molecule has 0 radical (unpaired) electrons. The van der Waals surface area contributed by atoms with Crippen LogP contribution in [0.15, 0.2) is 29.3 Å². The van der Waals surface area contributed by atoms with E-state index in [1.807, 2.05) is 0 Å². The molecule has 0 spiro atoms. The quantitative estimate of drug-likeness (QED) is 0.361. The van der Waals surface area contributed by atoms with Gasteiger partial charge in [0.2, 0.25) is 0 Å². The zero-order valence-corrected chi connectivity index (χ0v) is 21.4. The van der Waals surface area contributed by atoms with Crippen LogP contribution in [0.1, 0.15) is 58.6 Å². The van der Waals surface area contributed by atoms with Crippen LogP contribution in [-0.4, -0.2) is 85.6 Å². The average Bonchev–Trinajstić information content (AvgIpc) is 2.82. The average molecular weight is 445 g/mol. The lowest BCUT2D eigenvalue weighted by molar-refractivity contribution is 0.131. The van der Waals surface area contributed by atoms with Crippen LogP contribution in [-0.2, 0) is 13.1 Å². The van der Waals surface area contributed by atoms with Crippen molar-refractivity contribution in [3.8, 4) is 0 Å². The Hall–Kier alpha value is -1.63. The molecule has 1 heterocycles. The normalized spacial score (nSPS) is 17.0. The second kappa shape index (κ2) is 15.3. The highest BCUT2D eigenvalue weighted by Gasteiger charge is 2.16. The maximum Gasteiger partial charge on any atom is 0.191 e. The summed E-state index contributed by atoms with van der Waals surface area (Å²) in [4.78, 5) is 12.5. The van der Waals surface area contributed by atoms with Crippen LogP contribution in [0.3, 0.4) is 0 Å². The number of likely N-dealkylation sites (N-methyl/N-ethyl adjacent to an activating group) is 1. The molecule has 1 atom stereocenters. The minimum absolute atomic E-state index is 0.411. The van der Waals surface area contributed by atoms with E-state index in [9.17, 15) is 0 Å². The standard InChI is InChI=1S/C26H48N6/c1-6-27-26(29-23(5)13-12-16-30(7-2)8-3)28-21-24-14-10-11-15-25(24)22-32-19-17-31(9-4)18-20-32/h10-11,14-15,23H,6-9,12-13,16-22H2,1-5H3,(H2,27,28,29). The van der Waals surface area contributed by atoms with Gasteiger partial charge in [0.25, 0.3) is 0 Å². The van der Waals surface area contributed by atoms with E-state index in [1.54, 1.807) is 0 Å². The molecule has 0 bridgehead atoms. The highest BCUT2D eigenvalue weighted by atomic mass is 15.3. The van der Waals surface area contributed by atoms with Gasteiger partial charge in [-0.15, -0.1) is 0 Å². The van der Waals surface area contributed by atoms with Crippen LogP contribution in [0.4, 0.5) is 0 Å². The molecule has 1 aliphatic heterocycles. The third kappa shape index (κ3) is 9.47. The van der Waals surface area contributed by atoms with Crippen LogP contribution >= 0.6 is 0 Å². The van der Waals surface area contributed by atoms with Crippen molar-refractivity contribution < 1.29 is 0 Å². The van der Waals surface area contributed by atoms with Gasteiger partial charge < -0.3 is 20.4 Å². The molecule has 1 fully saturated rings. The zero-order chi connectivity index (χ0) is 23.2. The summed E-state index contributed by atoms with van der Waals surface area (Å²) in [6.07, 6.45) is 2.37. The Labute approximate surface area is 197 Å². The minimum atomic E-state index is 0.411. The fourth-order valence-electron chi connectivity index (χ4n) is 4.32. The third-order valence-corrected chi connectivity index (χ3v) is 6.57. The lowest BCUT2D eigenvalue weighted by Gasteiger charge is -2.34. The van der Waals surface area contributed by atoms with Crippen LogP contribution < -0.4 is 10.6 Å². The number of nitrogens with one attached hydrogen (secondary N) is 2. The molecule has 6 nitrogen and oxygen atoms in total. The maximum atomic E-state index is 4.94. The summed E-state index contributed by atoms with van der Waals surface area (Å²) in [6, 6.07) is 9.21. The number of hydrogen-bond donors (Lipinski definition) is 2. The van der Waals surface area contributed by atoms with Crippen molar-refractivity contribution in [3.63, 3.8) is 0 Å². The van der Waals surface area contributed by atoms with Crippen molar-refractivity contribution in [2.75, 3.05) is 58.9 Å². The fraction of sp³-hybridized carbons (Fsp3) is 0.731. The molecule has 0 saturated carbocycles. The van der Waals surface area contributed by atoms with Crippen LogP contribution in [0.2, 0.25) is 0 Å². The molecule has 2 rings (SSSR count). The van der Waals surface area contributed by atoms with Gasteiger partial charge in [0.1, 0.15) is 0 Å². The molecule has 1 aromatic carbocycles.